The van der Waals surface area contributed by atoms with Crippen LogP contribution in [0.15, 0.2) is 239 Å². The Kier molecular flexibility index (Phi) is 8.80. The summed E-state index contributed by atoms with van der Waals surface area (Å²) in [5.41, 5.74) is 19.9. The number of rotatable bonds is 7. The predicted molar refractivity (Wildman–Crippen MR) is 285 cm³/mol. The van der Waals surface area contributed by atoms with Crippen LogP contribution in [0.4, 0.5) is 0 Å². The molecule has 14 rings (SSSR count). The molecular formula is C65H41N3O2. The summed E-state index contributed by atoms with van der Waals surface area (Å²) < 4.78 is 12.8. The quantitative estimate of drug-likeness (QED) is 0.159. The van der Waals surface area contributed by atoms with Gasteiger partial charge in [0, 0.05) is 38.2 Å². The van der Waals surface area contributed by atoms with Crippen molar-refractivity contribution in [1.82, 2.24) is 15.0 Å². The Hall–Kier alpha value is -9.19. The third kappa shape index (κ3) is 5.75. The van der Waals surface area contributed by atoms with E-state index < -0.39 is 5.41 Å². The van der Waals surface area contributed by atoms with Gasteiger partial charge in [0.05, 0.1) is 5.41 Å². The molecule has 0 N–H and O–H groups in total. The molecule has 0 radical (unpaired) electrons. The summed E-state index contributed by atoms with van der Waals surface area (Å²) in [7, 11) is 0. The molecule has 0 amide bonds. The van der Waals surface area contributed by atoms with Crippen LogP contribution in [0, 0.1) is 0 Å². The highest BCUT2D eigenvalue weighted by Gasteiger charge is 2.52. The molecule has 12 aromatic rings. The molecule has 328 valence electrons. The van der Waals surface area contributed by atoms with E-state index in [1.165, 1.54) is 50.1 Å². The van der Waals surface area contributed by atoms with E-state index in [1.807, 2.05) is 78.9 Å². The Labute approximate surface area is 404 Å². The minimum absolute atomic E-state index is 0.522. The Morgan fingerprint density at radius 2 is 0.957 bits per heavy atom. The second-order valence-electron chi connectivity index (χ2n) is 18.2. The summed E-state index contributed by atoms with van der Waals surface area (Å²) in [4.78, 5) is 15.5. The highest BCUT2D eigenvalue weighted by Crippen LogP contribution is 2.64. The van der Waals surface area contributed by atoms with Gasteiger partial charge in [-0.3, -0.25) is 0 Å². The molecule has 3 aromatic heterocycles. The normalized spacial score (nSPS) is 13.6. The van der Waals surface area contributed by atoms with Crippen molar-refractivity contribution < 1.29 is 8.83 Å². The van der Waals surface area contributed by atoms with Gasteiger partial charge in [-0.2, -0.15) is 0 Å². The average Bonchev–Trinajstić information content (AvgIpc) is 4.15. The maximum atomic E-state index is 6.62. The zero-order chi connectivity index (χ0) is 46.5. The van der Waals surface area contributed by atoms with Crippen molar-refractivity contribution in [1.29, 1.82) is 0 Å². The number of para-hydroxylation sites is 1. The summed E-state index contributed by atoms with van der Waals surface area (Å²) >= 11 is 0. The largest absolute Gasteiger partial charge is 0.456 e. The third-order valence-electron chi connectivity index (χ3n) is 14.5. The number of hydrogen-bond acceptors (Lipinski definition) is 5. The first kappa shape index (κ1) is 39.9. The molecule has 1 spiro atoms. The van der Waals surface area contributed by atoms with E-state index in [9.17, 15) is 0 Å². The second kappa shape index (κ2) is 15.4. The van der Waals surface area contributed by atoms with Crippen LogP contribution in [-0.2, 0) is 5.41 Å². The van der Waals surface area contributed by atoms with Crippen molar-refractivity contribution in [3.63, 3.8) is 0 Å². The first-order valence-electron chi connectivity index (χ1n) is 23.7. The molecule has 0 atom stereocenters. The van der Waals surface area contributed by atoms with E-state index in [1.54, 1.807) is 0 Å². The van der Waals surface area contributed by atoms with Gasteiger partial charge in [-0.15, -0.1) is 0 Å². The molecule has 0 bridgehead atoms. The van der Waals surface area contributed by atoms with Crippen LogP contribution in [0.3, 0.4) is 0 Å². The minimum Gasteiger partial charge on any atom is -0.456 e. The van der Waals surface area contributed by atoms with Crippen molar-refractivity contribution in [2.75, 3.05) is 0 Å². The molecule has 70 heavy (non-hydrogen) atoms. The van der Waals surface area contributed by atoms with Crippen LogP contribution in [0.2, 0.25) is 0 Å². The van der Waals surface area contributed by atoms with Crippen LogP contribution in [-0.4, -0.2) is 15.0 Å². The van der Waals surface area contributed by atoms with Crippen molar-refractivity contribution >= 4 is 49.5 Å². The summed E-state index contributed by atoms with van der Waals surface area (Å²) in [6.07, 6.45) is 6.52. The van der Waals surface area contributed by atoms with Crippen molar-refractivity contribution in [2.24, 2.45) is 0 Å². The van der Waals surface area contributed by atoms with Crippen molar-refractivity contribution in [2.45, 2.75) is 12.3 Å². The van der Waals surface area contributed by atoms with Gasteiger partial charge < -0.3 is 8.83 Å². The van der Waals surface area contributed by atoms with Crippen LogP contribution in [0.25, 0.3) is 117 Å². The zero-order valence-electron chi connectivity index (χ0n) is 38.1. The van der Waals surface area contributed by atoms with Gasteiger partial charge >= 0.3 is 0 Å². The van der Waals surface area contributed by atoms with E-state index in [2.05, 4.69) is 153 Å². The summed E-state index contributed by atoms with van der Waals surface area (Å²) in [6, 6.07) is 70.6. The number of hydrogen-bond donors (Lipinski definition) is 0. The highest BCUT2D eigenvalue weighted by molar-refractivity contribution is 6.13. The Morgan fingerprint density at radius 3 is 1.76 bits per heavy atom. The molecule has 3 heterocycles. The summed E-state index contributed by atoms with van der Waals surface area (Å²) in [5.74, 6) is 1.73. The average molecular weight is 896 g/mol. The first-order chi connectivity index (χ1) is 34.6. The van der Waals surface area contributed by atoms with Gasteiger partial charge in [0.15, 0.2) is 17.5 Å². The van der Waals surface area contributed by atoms with Crippen LogP contribution in [0.1, 0.15) is 29.2 Å². The molecular weight excluding hydrogens is 855 g/mol. The van der Waals surface area contributed by atoms with Crippen LogP contribution >= 0.6 is 0 Å². The Bertz CT molecular complexity index is 4180. The van der Waals surface area contributed by atoms with E-state index in [-0.39, 0.29) is 0 Å². The molecule has 0 saturated heterocycles. The van der Waals surface area contributed by atoms with E-state index in [0.29, 0.717) is 17.5 Å². The molecule has 2 aliphatic carbocycles. The molecule has 5 heteroatoms. The number of allylic oxidation sites excluding steroid dienone is 5. The lowest BCUT2D eigenvalue weighted by Crippen LogP contribution is -2.27. The highest BCUT2D eigenvalue weighted by atomic mass is 16.3. The lowest BCUT2D eigenvalue weighted by molar-refractivity contribution is 0.668. The van der Waals surface area contributed by atoms with Crippen molar-refractivity contribution in [3.05, 3.63) is 253 Å². The maximum absolute atomic E-state index is 6.62. The molecule has 0 saturated carbocycles. The number of furan rings is 2. The molecule has 0 unspecified atom stereocenters. The number of aromatic nitrogens is 3. The fourth-order valence-electron chi connectivity index (χ4n) is 11.6. The number of benzene rings is 9. The lowest BCUT2D eigenvalue weighted by atomic mass is 9.67. The standard InChI is InChI=1S/C65H41N3O2/c1-3-17-53-44(4-2)49-26-15-25-45(61(49)65(53)54-28-11-8-22-46(54)47-23-9-12-29-55(47)65)42-21-14-20-40(36-42)41-32-34-58-52(37-41)60-50(27-16-31-59(60)70-58)64-67-62(39-18-6-5-7-19-39)66-63(68-64)43-33-35-57-51(38-43)48-24-10-13-30-56(48)69-57/h3-38H,2H2,1H3/b17-3-. The fraction of sp³-hybridized carbons (Fsp3) is 0.0308. The maximum Gasteiger partial charge on any atom is 0.164 e. The first-order valence-corrected chi connectivity index (χ1v) is 23.7. The molecule has 5 nitrogen and oxygen atoms in total. The van der Waals surface area contributed by atoms with E-state index in [0.717, 1.165) is 77.3 Å². The Balaban J connectivity index is 0.929. The van der Waals surface area contributed by atoms with Crippen LogP contribution in [0.5, 0.6) is 0 Å². The monoisotopic (exact) mass is 895 g/mol. The van der Waals surface area contributed by atoms with Gasteiger partial charge in [0.2, 0.25) is 0 Å². The van der Waals surface area contributed by atoms with Gasteiger partial charge in [0.1, 0.15) is 22.3 Å². The molecule has 0 fully saturated rings. The SMILES string of the molecule is C=CC1=C(/C=C\C)C2(c3ccccc3-c3ccccc32)c2c1cccc2-c1cccc(-c2ccc3oc4cccc(-c5nc(-c6ccccc6)nc(-c6ccc7oc8ccccc8c7c6)n5)c4c3c2)c1. The lowest BCUT2D eigenvalue weighted by Gasteiger charge is -2.33. The summed E-state index contributed by atoms with van der Waals surface area (Å²) in [6.45, 7) is 6.51. The van der Waals surface area contributed by atoms with E-state index >= 15 is 0 Å². The molecule has 9 aromatic carbocycles. The van der Waals surface area contributed by atoms with Gasteiger partial charge in [-0.25, -0.2) is 15.0 Å². The third-order valence-corrected chi connectivity index (χ3v) is 14.5. The van der Waals surface area contributed by atoms with Gasteiger partial charge in [-0.1, -0.05) is 176 Å². The minimum atomic E-state index is -0.522. The number of fused-ring (bicyclic) bond motifs is 13. The zero-order valence-corrected chi connectivity index (χ0v) is 38.1. The second-order valence-corrected chi connectivity index (χ2v) is 18.2. The molecule has 0 aliphatic heterocycles. The van der Waals surface area contributed by atoms with E-state index in [4.69, 9.17) is 23.8 Å². The van der Waals surface area contributed by atoms with Gasteiger partial charge in [-0.05, 0) is 122 Å². The summed E-state index contributed by atoms with van der Waals surface area (Å²) in [5, 5.41) is 3.99. The van der Waals surface area contributed by atoms with Crippen LogP contribution < -0.4 is 0 Å². The molecule has 2 aliphatic rings. The predicted octanol–water partition coefficient (Wildman–Crippen LogP) is 16.8. The topological polar surface area (TPSA) is 65.0 Å². The fourth-order valence-corrected chi connectivity index (χ4v) is 11.6. The van der Waals surface area contributed by atoms with Crippen molar-refractivity contribution in [3.8, 4) is 67.5 Å². The van der Waals surface area contributed by atoms with Gasteiger partial charge in [0.25, 0.3) is 0 Å². The Morgan fingerprint density at radius 1 is 0.414 bits per heavy atom. The number of nitrogens with zero attached hydrogens (tertiary/aromatic N) is 3. The smallest absolute Gasteiger partial charge is 0.164 e.